The van der Waals surface area contributed by atoms with Crippen molar-refractivity contribution >= 4 is 52.0 Å². The highest BCUT2D eigenvalue weighted by atomic mass is 35.5. The fourth-order valence-electron chi connectivity index (χ4n) is 2.19. The molecule has 10 heteroatoms. The molecular formula is C16H12Cl2N6O2. The monoisotopic (exact) mass is 390 g/mol. The maximum atomic E-state index is 11.6. The molecule has 0 amide bonds. The van der Waals surface area contributed by atoms with Gasteiger partial charge in [0, 0.05) is 10.7 Å². The van der Waals surface area contributed by atoms with Crippen LogP contribution in [0.2, 0.25) is 10.0 Å². The van der Waals surface area contributed by atoms with Crippen molar-refractivity contribution in [3.05, 3.63) is 68.6 Å². The van der Waals surface area contributed by atoms with Crippen LogP contribution in [-0.4, -0.2) is 19.9 Å². The van der Waals surface area contributed by atoms with Crippen LogP contribution in [0.1, 0.15) is 5.69 Å². The summed E-state index contributed by atoms with van der Waals surface area (Å²) in [6.45, 7) is 1.81. The van der Waals surface area contributed by atoms with E-state index in [4.69, 9.17) is 23.2 Å². The van der Waals surface area contributed by atoms with E-state index in [1.54, 1.807) is 30.3 Å². The summed E-state index contributed by atoms with van der Waals surface area (Å²) in [6, 6.07) is 10.0. The number of nitrogens with zero attached hydrogens (tertiary/aromatic N) is 4. The topological polar surface area (TPSA) is 106 Å². The van der Waals surface area contributed by atoms with E-state index < -0.39 is 4.92 Å². The van der Waals surface area contributed by atoms with Gasteiger partial charge in [0.1, 0.15) is 12.1 Å². The van der Waals surface area contributed by atoms with Gasteiger partial charge in [0.2, 0.25) is 11.6 Å². The summed E-state index contributed by atoms with van der Waals surface area (Å²) < 4.78 is 0. The van der Waals surface area contributed by atoms with Crippen LogP contribution in [0.4, 0.5) is 28.8 Å². The quantitative estimate of drug-likeness (QED) is 0.472. The van der Waals surface area contributed by atoms with Crippen LogP contribution in [0.15, 0.2) is 42.7 Å². The fraction of sp³-hybridized carbons (Fsp3) is 0.0625. The first-order valence-electron chi connectivity index (χ1n) is 7.36. The first kappa shape index (κ1) is 17.8. The van der Waals surface area contributed by atoms with Crippen molar-refractivity contribution in [1.82, 2.24) is 15.0 Å². The predicted molar refractivity (Wildman–Crippen MR) is 101 cm³/mol. The molecule has 2 N–H and O–H groups in total. The van der Waals surface area contributed by atoms with E-state index in [1.165, 1.54) is 6.33 Å². The molecule has 0 aliphatic rings. The van der Waals surface area contributed by atoms with Crippen molar-refractivity contribution in [3.8, 4) is 0 Å². The molecule has 3 aromatic rings. The van der Waals surface area contributed by atoms with Crippen molar-refractivity contribution in [2.75, 3.05) is 10.6 Å². The molecule has 0 fully saturated rings. The molecule has 2 aromatic heterocycles. The number of nitro groups is 1. The third-order valence-corrected chi connectivity index (χ3v) is 3.89. The average Bonchev–Trinajstić information content (AvgIpc) is 2.58. The number of benzene rings is 1. The smallest absolute Gasteiger partial charge is 0.333 e. The molecule has 0 aliphatic heterocycles. The van der Waals surface area contributed by atoms with Gasteiger partial charge in [-0.1, -0.05) is 29.3 Å². The number of hydrogen-bond acceptors (Lipinski definition) is 7. The molecule has 0 atom stereocenters. The van der Waals surface area contributed by atoms with Gasteiger partial charge >= 0.3 is 5.69 Å². The van der Waals surface area contributed by atoms with E-state index in [-0.39, 0.29) is 17.3 Å². The zero-order valence-electron chi connectivity index (χ0n) is 13.4. The van der Waals surface area contributed by atoms with Crippen molar-refractivity contribution < 1.29 is 4.92 Å². The van der Waals surface area contributed by atoms with Gasteiger partial charge in [-0.25, -0.2) is 15.0 Å². The number of pyridine rings is 1. The highest BCUT2D eigenvalue weighted by Gasteiger charge is 2.24. The normalized spacial score (nSPS) is 10.4. The summed E-state index contributed by atoms with van der Waals surface area (Å²) in [5.74, 6) is 0.409. The summed E-state index contributed by atoms with van der Waals surface area (Å²) in [7, 11) is 0. The van der Waals surface area contributed by atoms with Crippen LogP contribution in [0.5, 0.6) is 0 Å². The second-order valence-corrected chi connectivity index (χ2v) is 6.06. The van der Waals surface area contributed by atoms with Gasteiger partial charge in [0.15, 0.2) is 0 Å². The van der Waals surface area contributed by atoms with Gasteiger partial charge in [0.05, 0.1) is 15.6 Å². The van der Waals surface area contributed by atoms with E-state index in [2.05, 4.69) is 25.6 Å². The van der Waals surface area contributed by atoms with E-state index in [9.17, 15) is 10.1 Å². The third-order valence-electron chi connectivity index (χ3n) is 3.32. The fourth-order valence-corrected chi connectivity index (χ4v) is 2.53. The van der Waals surface area contributed by atoms with E-state index >= 15 is 0 Å². The lowest BCUT2D eigenvalue weighted by molar-refractivity contribution is -0.383. The maximum absolute atomic E-state index is 11.6. The summed E-state index contributed by atoms with van der Waals surface area (Å²) >= 11 is 12.1. The number of rotatable bonds is 5. The minimum Gasteiger partial charge on any atom is -0.333 e. The summed E-state index contributed by atoms with van der Waals surface area (Å²) in [5, 5.41) is 18.1. The maximum Gasteiger partial charge on any atom is 0.353 e. The molecule has 0 radical (unpaired) electrons. The Morgan fingerprint density at radius 1 is 1.08 bits per heavy atom. The lowest BCUT2D eigenvalue weighted by Gasteiger charge is -2.11. The molecule has 2 heterocycles. The number of aromatic nitrogens is 3. The molecule has 3 rings (SSSR count). The van der Waals surface area contributed by atoms with Gasteiger partial charge in [-0.3, -0.25) is 10.1 Å². The molecule has 0 spiro atoms. The van der Waals surface area contributed by atoms with Gasteiger partial charge < -0.3 is 10.6 Å². The van der Waals surface area contributed by atoms with E-state index in [0.29, 0.717) is 21.6 Å². The molecule has 8 nitrogen and oxygen atoms in total. The molecule has 26 heavy (non-hydrogen) atoms. The van der Waals surface area contributed by atoms with E-state index in [1.807, 2.05) is 13.0 Å². The standard InChI is InChI=1S/C16H12Cl2N6O2/c1-9-3-2-4-13(21-9)23-16-14(24(25)26)15(19-8-20-16)22-12-7-10(17)5-6-11(12)18/h2-8H,1H3,(H2,19,20,21,22,23). The molecular weight excluding hydrogens is 379 g/mol. The Morgan fingerprint density at radius 3 is 2.50 bits per heavy atom. The Labute approximate surface area is 158 Å². The van der Waals surface area contributed by atoms with Crippen LogP contribution >= 0.6 is 23.2 Å². The second-order valence-electron chi connectivity index (χ2n) is 5.21. The lowest BCUT2D eigenvalue weighted by Crippen LogP contribution is -2.06. The van der Waals surface area contributed by atoms with Crippen molar-refractivity contribution in [1.29, 1.82) is 0 Å². The Kier molecular flexibility index (Phi) is 5.15. The lowest BCUT2D eigenvalue weighted by atomic mass is 10.3. The first-order chi connectivity index (χ1) is 12.4. The molecule has 0 bridgehead atoms. The SMILES string of the molecule is Cc1cccc(Nc2ncnc(Nc3cc(Cl)ccc3Cl)c2[N+](=O)[O-])n1. The largest absolute Gasteiger partial charge is 0.353 e. The zero-order chi connectivity index (χ0) is 18.7. The number of aryl methyl sites for hydroxylation is 1. The molecule has 0 unspecified atom stereocenters. The van der Waals surface area contributed by atoms with E-state index in [0.717, 1.165) is 5.69 Å². The van der Waals surface area contributed by atoms with Gasteiger partial charge in [-0.2, -0.15) is 0 Å². The first-order valence-corrected chi connectivity index (χ1v) is 8.12. The Bertz CT molecular complexity index is 983. The van der Waals surface area contributed by atoms with Crippen molar-refractivity contribution in [2.24, 2.45) is 0 Å². The summed E-state index contributed by atoms with van der Waals surface area (Å²) in [6.07, 6.45) is 1.20. The highest BCUT2D eigenvalue weighted by Crippen LogP contribution is 2.35. The van der Waals surface area contributed by atoms with Crippen LogP contribution in [-0.2, 0) is 0 Å². The second kappa shape index (κ2) is 7.51. The zero-order valence-corrected chi connectivity index (χ0v) is 14.9. The summed E-state index contributed by atoms with van der Waals surface area (Å²) in [4.78, 5) is 23.2. The third kappa shape index (κ3) is 3.98. The van der Waals surface area contributed by atoms with Crippen LogP contribution < -0.4 is 10.6 Å². The van der Waals surface area contributed by atoms with Gasteiger partial charge in [-0.15, -0.1) is 0 Å². The number of hydrogen-bond donors (Lipinski definition) is 2. The number of nitrogens with one attached hydrogen (secondary N) is 2. The molecule has 1 aromatic carbocycles. The van der Waals surface area contributed by atoms with Crippen LogP contribution in [0.3, 0.4) is 0 Å². The molecule has 0 aliphatic carbocycles. The molecule has 0 saturated carbocycles. The number of anilines is 4. The van der Waals surface area contributed by atoms with Crippen molar-refractivity contribution in [2.45, 2.75) is 6.92 Å². The number of halogens is 2. The van der Waals surface area contributed by atoms with Crippen LogP contribution in [0, 0.1) is 17.0 Å². The Hall–Kier alpha value is -2.97. The van der Waals surface area contributed by atoms with Gasteiger partial charge in [-0.05, 0) is 37.3 Å². The molecule has 132 valence electrons. The average molecular weight is 391 g/mol. The minimum absolute atomic E-state index is 0.00347. The Morgan fingerprint density at radius 2 is 1.81 bits per heavy atom. The van der Waals surface area contributed by atoms with Crippen molar-refractivity contribution in [3.63, 3.8) is 0 Å². The highest BCUT2D eigenvalue weighted by molar-refractivity contribution is 6.35. The van der Waals surface area contributed by atoms with Gasteiger partial charge in [0.25, 0.3) is 0 Å². The predicted octanol–water partition coefficient (Wildman–Crippen LogP) is 4.88. The Balaban J connectivity index is 2.01. The summed E-state index contributed by atoms with van der Waals surface area (Å²) in [5.41, 5.74) is 0.809. The molecule has 0 saturated heterocycles. The van der Waals surface area contributed by atoms with Crippen LogP contribution in [0.25, 0.3) is 0 Å². The minimum atomic E-state index is -0.584.